The van der Waals surface area contributed by atoms with Crippen LogP contribution in [0.5, 0.6) is 5.75 Å². The van der Waals surface area contributed by atoms with E-state index in [1.807, 2.05) is 6.92 Å². The molecule has 0 aliphatic rings. The monoisotopic (exact) mass is 481 g/mol. The lowest BCUT2D eigenvalue weighted by Gasteiger charge is -2.20. The molecule has 0 aliphatic heterocycles. The summed E-state index contributed by atoms with van der Waals surface area (Å²) in [4.78, 5) is 24.6. The van der Waals surface area contributed by atoms with E-state index < -0.39 is 15.9 Å². The van der Waals surface area contributed by atoms with E-state index in [4.69, 9.17) is 4.74 Å². The lowest BCUT2D eigenvalue weighted by molar-refractivity contribution is -0.115. The molecule has 3 aromatic rings. The van der Waals surface area contributed by atoms with Crippen LogP contribution in [0.25, 0.3) is 0 Å². The quantitative estimate of drug-likeness (QED) is 0.495. The second-order valence-electron chi connectivity index (χ2n) is 7.58. The van der Waals surface area contributed by atoms with Gasteiger partial charge in [-0.2, -0.15) is 0 Å². The molecular formula is C25H27N3O5S. The highest BCUT2D eigenvalue weighted by molar-refractivity contribution is 7.92. The average molecular weight is 482 g/mol. The molecule has 2 amide bonds. The Balaban J connectivity index is 1.84. The Labute approximate surface area is 199 Å². The smallest absolute Gasteiger partial charge is 0.264 e. The molecule has 3 rings (SSSR count). The first kappa shape index (κ1) is 24.8. The zero-order chi connectivity index (χ0) is 24.9. The minimum atomic E-state index is -3.91. The maximum absolute atomic E-state index is 13.2. The van der Waals surface area contributed by atoms with Crippen LogP contribution >= 0.6 is 0 Å². The number of nitrogens with zero attached hydrogens (tertiary/aromatic N) is 1. The maximum atomic E-state index is 13.2. The molecule has 3 aromatic carbocycles. The van der Waals surface area contributed by atoms with Crippen LogP contribution in [0.1, 0.15) is 29.3 Å². The molecule has 0 aromatic heterocycles. The predicted octanol–water partition coefficient (Wildman–Crippen LogP) is 4.43. The molecule has 0 saturated carbocycles. The molecule has 0 bridgehead atoms. The number of methoxy groups -OCH3 is 1. The summed E-state index contributed by atoms with van der Waals surface area (Å²) in [6.07, 6.45) is 0.335. The molecule has 0 unspecified atom stereocenters. The van der Waals surface area contributed by atoms with Crippen molar-refractivity contribution in [2.75, 3.05) is 29.1 Å². The minimum Gasteiger partial charge on any atom is -0.497 e. The van der Waals surface area contributed by atoms with Gasteiger partial charge in [-0.1, -0.05) is 19.1 Å². The summed E-state index contributed by atoms with van der Waals surface area (Å²) in [7, 11) is -0.926. The predicted molar refractivity (Wildman–Crippen MR) is 133 cm³/mol. The number of hydrogen-bond donors (Lipinski definition) is 2. The van der Waals surface area contributed by atoms with E-state index in [0.717, 1.165) is 9.87 Å². The van der Waals surface area contributed by atoms with Crippen LogP contribution in [-0.2, 0) is 14.8 Å². The first-order valence-electron chi connectivity index (χ1n) is 10.6. The summed E-state index contributed by atoms with van der Waals surface area (Å²) < 4.78 is 32.6. The lowest BCUT2D eigenvalue weighted by Crippen LogP contribution is -2.26. The van der Waals surface area contributed by atoms with Gasteiger partial charge in [0.15, 0.2) is 0 Å². The van der Waals surface area contributed by atoms with Crippen molar-refractivity contribution in [1.82, 2.24) is 0 Å². The molecular weight excluding hydrogens is 454 g/mol. The van der Waals surface area contributed by atoms with E-state index >= 15 is 0 Å². The summed E-state index contributed by atoms with van der Waals surface area (Å²) in [5.41, 5.74) is 2.52. The van der Waals surface area contributed by atoms with Crippen LogP contribution in [0.15, 0.2) is 71.6 Å². The number of anilines is 3. The van der Waals surface area contributed by atoms with Gasteiger partial charge >= 0.3 is 0 Å². The molecule has 34 heavy (non-hydrogen) atoms. The molecule has 9 heteroatoms. The number of hydrogen-bond acceptors (Lipinski definition) is 5. The molecule has 0 atom stereocenters. The van der Waals surface area contributed by atoms with Gasteiger partial charge in [-0.3, -0.25) is 13.9 Å². The lowest BCUT2D eigenvalue weighted by atomic mass is 10.1. The fraction of sp³-hybridized carbons (Fsp3) is 0.200. The number of nitrogens with one attached hydrogen (secondary N) is 2. The van der Waals surface area contributed by atoms with Gasteiger partial charge in [0, 0.05) is 30.4 Å². The fourth-order valence-electron chi connectivity index (χ4n) is 3.17. The van der Waals surface area contributed by atoms with E-state index in [0.29, 0.717) is 29.2 Å². The molecule has 0 heterocycles. The van der Waals surface area contributed by atoms with Crippen LogP contribution in [0.2, 0.25) is 0 Å². The van der Waals surface area contributed by atoms with Crippen LogP contribution in [-0.4, -0.2) is 34.4 Å². The van der Waals surface area contributed by atoms with Gasteiger partial charge in [0.05, 0.1) is 17.7 Å². The second-order valence-corrected chi connectivity index (χ2v) is 9.55. The summed E-state index contributed by atoms with van der Waals surface area (Å²) in [5.74, 6) is 0.00748. The topological polar surface area (TPSA) is 105 Å². The molecule has 0 radical (unpaired) electrons. The Morgan fingerprint density at radius 3 is 2.32 bits per heavy atom. The van der Waals surface area contributed by atoms with Crippen LogP contribution in [0.4, 0.5) is 17.1 Å². The van der Waals surface area contributed by atoms with Gasteiger partial charge < -0.3 is 15.4 Å². The van der Waals surface area contributed by atoms with Gasteiger partial charge in [0.1, 0.15) is 5.75 Å². The molecule has 0 spiro atoms. The highest BCUT2D eigenvalue weighted by Gasteiger charge is 2.23. The molecule has 2 N–H and O–H groups in total. The Bertz CT molecular complexity index is 1300. The van der Waals surface area contributed by atoms with Gasteiger partial charge in [0.25, 0.3) is 15.9 Å². The third-order valence-electron chi connectivity index (χ3n) is 5.28. The van der Waals surface area contributed by atoms with Crippen molar-refractivity contribution in [2.24, 2.45) is 0 Å². The van der Waals surface area contributed by atoms with Crippen molar-refractivity contribution in [1.29, 1.82) is 0 Å². The number of sulfonamides is 1. The summed E-state index contributed by atoms with van der Waals surface area (Å²) in [5, 5.41) is 5.55. The summed E-state index contributed by atoms with van der Waals surface area (Å²) in [6.45, 7) is 3.57. The average Bonchev–Trinajstić information content (AvgIpc) is 2.85. The van der Waals surface area contributed by atoms with Crippen molar-refractivity contribution in [3.05, 3.63) is 77.9 Å². The summed E-state index contributed by atoms with van der Waals surface area (Å²) in [6, 6.07) is 17.7. The Morgan fingerprint density at radius 2 is 1.68 bits per heavy atom. The van der Waals surface area contributed by atoms with E-state index in [2.05, 4.69) is 10.6 Å². The molecule has 178 valence electrons. The van der Waals surface area contributed by atoms with E-state index in [-0.39, 0.29) is 16.4 Å². The number of benzene rings is 3. The van der Waals surface area contributed by atoms with Crippen molar-refractivity contribution >= 4 is 38.9 Å². The fourth-order valence-corrected chi connectivity index (χ4v) is 4.41. The molecule has 0 aliphatic carbocycles. The SMILES string of the molecule is CCC(=O)Nc1ccc(C)c(NC(=O)c2cccc(S(=O)(=O)N(C)c3ccc(OC)cc3)c2)c1. The summed E-state index contributed by atoms with van der Waals surface area (Å²) >= 11 is 0. The Morgan fingerprint density at radius 1 is 0.971 bits per heavy atom. The zero-order valence-corrected chi connectivity index (χ0v) is 20.3. The van der Waals surface area contributed by atoms with Crippen molar-refractivity contribution in [3.63, 3.8) is 0 Å². The highest BCUT2D eigenvalue weighted by atomic mass is 32.2. The van der Waals surface area contributed by atoms with Crippen molar-refractivity contribution in [3.8, 4) is 5.75 Å². The van der Waals surface area contributed by atoms with Crippen molar-refractivity contribution < 1.29 is 22.7 Å². The highest BCUT2D eigenvalue weighted by Crippen LogP contribution is 2.26. The van der Waals surface area contributed by atoms with E-state index in [1.54, 1.807) is 55.5 Å². The molecule has 0 saturated heterocycles. The number of carbonyl (C=O) groups excluding carboxylic acids is 2. The number of ether oxygens (including phenoxy) is 1. The normalized spacial score (nSPS) is 10.9. The van der Waals surface area contributed by atoms with Gasteiger partial charge in [-0.05, 0) is 67.1 Å². The number of carbonyl (C=O) groups is 2. The molecule has 8 nitrogen and oxygen atoms in total. The van der Waals surface area contributed by atoms with Gasteiger partial charge in [0.2, 0.25) is 5.91 Å². The molecule has 0 fully saturated rings. The number of aryl methyl sites for hydroxylation is 1. The van der Waals surface area contributed by atoms with Crippen molar-refractivity contribution in [2.45, 2.75) is 25.2 Å². The minimum absolute atomic E-state index is 0.0147. The number of amides is 2. The first-order valence-corrected chi connectivity index (χ1v) is 12.0. The Hall–Kier alpha value is -3.85. The third-order valence-corrected chi connectivity index (χ3v) is 7.06. The van der Waals surface area contributed by atoms with E-state index in [9.17, 15) is 18.0 Å². The third kappa shape index (κ3) is 5.55. The van der Waals surface area contributed by atoms with Gasteiger partial charge in [-0.15, -0.1) is 0 Å². The second kappa shape index (κ2) is 10.4. The van der Waals surface area contributed by atoms with Crippen LogP contribution in [0.3, 0.4) is 0 Å². The van der Waals surface area contributed by atoms with E-state index in [1.165, 1.54) is 32.4 Å². The van der Waals surface area contributed by atoms with Crippen LogP contribution < -0.4 is 19.7 Å². The first-order chi connectivity index (χ1) is 16.1. The standard InChI is InChI=1S/C25H27N3O5S/c1-5-24(29)26-19-10-9-17(2)23(16-19)27-25(30)18-7-6-8-22(15-18)34(31,32)28(3)20-11-13-21(33-4)14-12-20/h6-16H,5H2,1-4H3,(H,26,29)(H,27,30). The number of rotatable bonds is 8. The Kier molecular flexibility index (Phi) is 7.57. The zero-order valence-electron chi connectivity index (χ0n) is 19.5. The van der Waals surface area contributed by atoms with Gasteiger partial charge in [-0.25, -0.2) is 8.42 Å². The largest absolute Gasteiger partial charge is 0.497 e. The van der Waals surface area contributed by atoms with Crippen LogP contribution in [0, 0.1) is 6.92 Å². The maximum Gasteiger partial charge on any atom is 0.264 e.